The van der Waals surface area contributed by atoms with Gasteiger partial charge in [-0.05, 0) is 0 Å². The molecule has 0 spiro atoms. The average Bonchev–Trinajstić information content (AvgIpc) is 2.14. The minimum absolute atomic E-state index is 0.0607. The molecule has 0 radical (unpaired) electrons. The lowest BCUT2D eigenvalue weighted by molar-refractivity contribution is -0.0969. The summed E-state index contributed by atoms with van der Waals surface area (Å²) in [4.78, 5) is 4.26. The van der Waals surface area contributed by atoms with Crippen LogP contribution in [0.4, 0.5) is 4.39 Å². The zero-order valence-electron chi connectivity index (χ0n) is 10.0. The van der Waals surface area contributed by atoms with E-state index in [-0.39, 0.29) is 12.0 Å². The first-order valence-corrected chi connectivity index (χ1v) is 5.29. The van der Waals surface area contributed by atoms with E-state index >= 15 is 0 Å². The lowest BCUT2D eigenvalue weighted by atomic mass is 9.91. The molecule has 0 saturated heterocycles. The number of aromatic nitrogens is 1. The molecule has 0 saturated carbocycles. The second-order valence-corrected chi connectivity index (χ2v) is 5.26. The fourth-order valence-electron chi connectivity index (χ4n) is 1.49. The highest BCUT2D eigenvalue weighted by Crippen LogP contribution is 2.37. The van der Waals surface area contributed by atoms with Crippen molar-refractivity contribution in [1.29, 1.82) is 0 Å². The van der Waals surface area contributed by atoms with Crippen molar-refractivity contribution >= 4 is 0 Å². The number of rotatable bonds is 0. The van der Waals surface area contributed by atoms with Crippen LogP contribution in [0.1, 0.15) is 33.4 Å². The van der Waals surface area contributed by atoms with Gasteiger partial charge in [-0.15, -0.1) is 0 Å². The molecule has 2 heterocycles. The number of hydrogen-bond acceptors (Lipinski definition) is 3. The van der Waals surface area contributed by atoms with Gasteiger partial charge in [0.25, 0.3) is 5.85 Å². The first-order valence-electron chi connectivity index (χ1n) is 5.29. The van der Waals surface area contributed by atoms with E-state index in [4.69, 9.17) is 9.47 Å². The van der Waals surface area contributed by atoms with E-state index in [1.807, 2.05) is 6.07 Å². The summed E-state index contributed by atoms with van der Waals surface area (Å²) in [5, 5.41) is 0. The topological polar surface area (TPSA) is 31.4 Å². The highest BCUT2D eigenvalue weighted by molar-refractivity contribution is 5.41. The number of pyridine rings is 1. The standard InChI is InChI=1S/C12H16FNO2/c1-11(2,3)10-5-8-9(6-14-10)16-12(4,13)7-15-8/h5-6H,7H2,1-4H3. The van der Waals surface area contributed by atoms with Crippen LogP contribution in [0.15, 0.2) is 12.3 Å². The van der Waals surface area contributed by atoms with Crippen molar-refractivity contribution in [2.45, 2.75) is 39.0 Å². The van der Waals surface area contributed by atoms with Gasteiger partial charge in [0.2, 0.25) is 0 Å². The minimum atomic E-state index is -1.77. The number of nitrogens with zero attached hydrogens (tertiary/aromatic N) is 1. The summed E-state index contributed by atoms with van der Waals surface area (Å²) in [6.45, 7) is 7.43. The molecule has 4 heteroatoms. The maximum Gasteiger partial charge on any atom is 0.279 e. The SMILES string of the molecule is CC1(F)COc2cc(C(C)(C)C)ncc2O1. The second kappa shape index (κ2) is 3.34. The summed E-state index contributed by atoms with van der Waals surface area (Å²) in [6.07, 6.45) is 1.52. The van der Waals surface area contributed by atoms with Crippen molar-refractivity contribution in [3.05, 3.63) is 18.0 Å². The molecule has 0 bridgehead atoms. The Morgan fingerprint density at radius 1 is 1.38 bits per heavy atom. The highest BCUT2D eigenvalue weighted by atomic mass is 19.2. The molecule has 1 unspecified atom stereocenters. The molecule has 0 N–H and O–H groups in total. The number of alkyl halides is 1. The van der Waals surface area contributed by atoms with Crippen LogP contribution in [0.5, 0.6) is 11.5 Å². The molecule has 0 aliphatic carbocycles. The van der Waals surface area contributed by atoms with Gasteiger partial charge in [-0.1, -0.05) is 20.8 Å². The van der Waals surface area contributed by atoms with Gasteiger partial charge in [-0.2, -0.15) is 4.39 Å². The molecule has 1 aliphatic rings. The van der Waals surface area contributed by atoms with Crippen molar-refractivity contribution in [1.82, 2.24) is 4.98 Å². The summed E-state index contributed by atoms with van der Waals surface area (Å²) in [7, 11) is 0. The van der Waals surface area contributed by atoms with Crippen LogP contribution in [0.25, 0.3) is 0 Å². The van der Waals surface area contributed by atoms with E-state index in [2.05, 4.69) is 25.8 Å². The smallest absolute Gasteiger partial charge is 0.279 e. The van der Waals surface area contributed by atoms with Gasteiger partial charge in [-0.3, -0.25) is 4.98 Å². The Labute approximate surface area is 94.6 Å². The molecule has 0 aromatic carbocycles. The molecule has 2 rings (SSSR count). The Morgan fingerprint density at radius 3 is 2.69 bits per heavy atom. The number of hydrogen-bond donors (Lipinski definition) is 0. The Balaban J connectivity index is 2.36. The molecular formula is C12H16FNO2. The fourth-order valence-corrected chi connectivity index (χ4v) is 1.49. The van der Waals surface area contributed by atoms with Gasteiger partial charge >= 0.3 is 0 Å². The lowest BCUT2D eigenvalue weighted by Crippen LogP contribution is -2.37. The van der Waals surface area contributed by atoms with Crippen LogP contribution in [-0.2, 0) is 5.41 Å². The Hall–Kier alpha value is -1.32. The number of ether oxygens (including phenoxy) is 2. The summed E-state index contributed by atoms with van der Waals surface area (Å²) >= 11 is 0. The molecule has 1 atom stereocenters. The predicted octanol–water partition coefficient (Wildman–Crippen LogP) is 2.84. The first kappa shape index (κ1) is 11.2. The van der Waals surface area contributed by atoms with Crippen molar-refractivity contribution < 1.29 is 13.9 Å². The van der Waals surface area contributed by atoms with Crippen molar-refractivity contribution in [3.8, 4) is 11.5 Å². The van der Waals surface area contributed by atoms with E-state index in [0.29, 0.717) is 11.5 Å². The predicted molar refractivity (Wildman–Crippen MR) is 58.6 cm³/mol. The summed E-state index contributed by atoms with van der Waals surface area (Å²) in [5.41, 5.74) is 0.840. The summed E-state index contributed by atoms with van der Waals surface area (Å²) in [6, 6.07) is 1.81. The van der Waals surface area contributed by atoms with E-state index in [9.17, 15) is 4.39 Å². The second-order valence-electron chi connectivity index (χ2n) is 5.26. The van der Waals surface area contributed by atoms with Gasteiger partial charge in [-0.25, -0.2) is 0 Å². The van der Waals surface area contributed by atoms with Crippen LogP contribution in [0, 0.1) is 0 Å². The highest BCUT2D eigenvalue weighted by Gasteiger charge is 2.33. The molecule has 0 amide bonds. The summed E-state index contributed by atoms with van der Waals surface area (Å²) in [5.74, 6) is -0.836. The van der Waals surface area contributed by atoms with Crippen molar-refractivity contribution in [3.63, 3.8) is 0 Å². The molecular weight excluding hydrogens is 209 g/mol. The zero-order valence-corrected chi connectivity index (χ0v) is 10.0. The monoisotopic (exact) mass is 225 g/mol. The third kappa shape index (κ3) is 2.10. The number of halogens is 1. The van der Waals surface area contributed by atoms with Crippen LogP contribution in [0.3, 0.4) is 0 Å². The Kier molecular flexibility index (Phi) is 2.33. The molecule has 1 aromatic rings. The molecule has 16 heavy (non-hydrogen) atoms. The normalized spacial score (nSPS) is 24.3. The van der Waals surface area contributed by atoms with Gasteiger partial charge in [0.05, 0.1) is 6.20 Å². The van der Waals surface area contributed by atoms with Gasteiger partial charge in [0.1, 0.15) is 0 Å². The fraction of sp³-hybridized carbons (Fsp3) is 0.583. The Morgan fingerprint density at radius 2 is 2.06 bits per heavy atom. The lowest BCUT2D eigenvalue weighted by Gasteiger charge is -2.29. The molecule has 0 fully saturated rings. The van der Waals surface area contributed by atoms with Crippen LogP contribution >= 0.6 is 0 Å². The van der Waals surface area contributed by atoms with Crippen LogP contribution in [-0.4, -0.2) is 17.4 Å². The third-order valence-electron chi connectivity index (χ3n) is 2.41. The number of fused-ring (bicyclic) bond motifs is 1. The van der Waals surface area contributed by atoms with Gasteiger partial charge < -0.3 is 9.47 Å². The molecule has 3 nitrogen and oxygen atoms in total. The van der Waals surface area contributed by atoms with Crippen molar-refractivity contribution in [2.75, 3.05) is 6.61 Å². The van der Waals surface area contributed by atoms with E-state index in [1.54, 1.807) is 0 Å². The molecule has 1 aliphatic heterocycles. The van der Waals surface area contributed by atoms with Gasteiger partial charge in [0.15, 0.2) is 18.1 Å². The largest absolute Gasteiger partial charge is 0.482 e. The van der Waals surface area contributed by atoms with Crippen LogP contribution < -0.4 is 9.47 Å². The first-order chi connectivity index (χ1) is 7.28. The maximum atomic E-state index is 13.5. The van der Waals surface area contributed by atoms with Crippen LogP contribution in [0.2, 0.25) is 0 Å². The maximum absolute atomic E-state index is 13.5. The van der Waals surface area contributed by atoms with E-state index in [0.717, 1.165) is 5.69 Å². The average molecular weight is 225 g/mol. The van der Waals surface area contributed by atoms with Crippen molar-refractivity contribution in [2.24, 2.45) is 0 Å². The molecule has 88 valence electrons. The van der Waals surface area contributed by atoms with Gasteiger partial charge in [0, 0.05) is 24.1 Å². The van der Waals surface area contributed by atoms with E-state index < -0.39 is 5.85 Å². The third-order valence-corrected chi connectivity index (χ3v) is 2.41. The minimum Gasteiger partial charge on any atom is -0.482 e. The summed E-state index contributed by atoms with van der Waals surface area (Å²) < 4.78 is 24.0. The van der Waals surface area contributed by atoms with E-state index in [1.165, 1.54) is 13.1 Å². The molecule has 1 aromatic heterocycles. The Bertz CT molecular complexity index is 410. The quantitative estimate of drug-likeness (QED) is 0.680. The zero-order chi connectivity index (χ0) is 12.0.